The summed E-state index contributed by atoms with van der Waals surface area (Å²) >= 11 is 7.36. The molecular weight excluding hydrogens is 452 g/mol. The number of rotatable bonds is 6. The van der Waals surface area contributed by atoms with Gasteiger partial charge in [-0.25, -0.2) is 9.59 Å². The van der Waals surface area contributed by atoms with E-state index in [4.69, 9.17) is 21.1 Å². The highest BCUT2D eigenvalue weighted by molar-refractivity contribution is 7.20. The maximum absolute atomic E-state index is 12.9. The van der Waals surface area contributed by atoms with Gasteiger partial charge in [0.25, 0.3) is 0 Å². The fourth-order valence-corrected chi connectivity index (χ4v) is 4.52. The van der Waals surface area contributed by atoms with Crippen LogP contribution in [0.2, 0.25) is 5.02 Å². The summed E-state index contributed by atoms with van der Waals surface area (Å²) in [7, 11) is 0. The molecule has 1 aliphatic heterocycles. The molecule has 0 saturated heterocycles. The van der Waals surface area contributed by atoms with E-state index in [2.05, 4.69) is 5.32 Å². The third-order valence-corrected chi connectivity index (χ3v) is 6.01. The van der Waals surface area contributed by atoms with E-state index in [1.165, 1.54) is 11.3 Å². The molecule has 1 amide bonds. The van der Waals surface area contributed by atoms with Crippen molar-refractivity contribution >= 4 is 51.5 Å². The van der Waals surface area contributed by atoms with Crippen molar-refractivity contribution in [2.45, 2.75) is 6.92 Å². The molecule has 3 aromatic rings. The minimum Gasteiger partial charge on any atom is -0.462 e. The Balaban J connectivity index is 1.58. The number of thiophene rings is 1. The number of amides is 1. The predicted octanol–water partition coefficient (Wildman–Crippen LogP) is 4.61. The van der Waals surface area contributed by atoms with Crippen LogP contribution in [0.5, 0.6) is 5.75 Å². The van der Waals surface area contributed by atoms with E-state index in [9.17, 15) is 14.4 Å². The standard InChI is InChI=1S/C23H19ClN2O5S/c1-2-30-23(29)16-11-19(14-6-4-3-5-7-14)32-22(16)25-20(27)12-26-13-21(28)31-18-9-8-15(24)10-17(18)26/h3-11H,2,12-13H2,1H3,(H,25,27). The van der Waals surface area contributed by atoms with Gasteiger partial charge < -0.3 is 19.7 Å². The van der Waals surface area contributed by atoms with Crippen LogP contribution >= 0.6 is 22.9 Å². The molecule has 0 bridgehead atoms. The average molecular weight is 471 g/mol. The fraction of sp³-hybridized carbons (Fsp3) is 0.174. The van der Waals surface area contributed by atoms with Gasteiger partial charge in [-0.2, -0.15) is 0 Å². The van der Waals surface area contributed by atoms with Crippen molar-refractivity contribution in [3.63, 3.8) is 0 Å². The molecular formula is C23H19ClN2O5S. The highest BCUT2D eigenvalue weighted by Crippen LogP contribution is 2.37. The van der Waals surface area contributed by atoms with E-state index in [0.29, 0.717) is 21.5 Å². The number of carbonyl (C=O) groups is 3. The lowest BCUT2D eigenvalue weighted by Gasteiger charge is -2.29. The monoisotopic (exact) mass is 470 g/mol. The molecule has 1 aromatic heterocycles. The first-order valence-corrected chi connectivity index (χ1v) is 11.1. The number of halogens is 1. The summed E-state index contributed by atoms with van der Waals surface area (Å²) in [5.41, 5.74) is 1.76. The van der Waals surface area contributed by atoms with Crippen LogP contribution < -0.4 is 15.0 Å². The van der Waals surface area contributed by atoms with Crippen LogP contribution in [0, 0.1) is 0 Å². The van der Waals surface area contributed by atoms with E-state index in [-0.39, 0.29) is 25.3 Å². The summed E-state index contributed by atoms with van der Waals surface area (Å²) in [6, 6.07) is 16.1. The van der Waals surface area contributed by atoms with Gasteiger partial charge in [-0.1, -0.05) is 41.9 Å². The maximum atomic E-state index is 12.9. The molecule has 0 spiro atoms. The van der Waals surface area contributed by atoms with E-state index < -0.39 is 17.8 Å². The number of carbonyl (C=O) groups excluding carboxylic acids is 3. The number of anilines is 2. The van der Waals surface area contributed by atoms with Crippen LogP contribution in [0.1, 0.15) is 17.3 Å². The van der Waals surface area contributed by atoms with Gasteiger partial charge in [-0.15, -0.1) is 11.3 Å². The second kappa shape index (κ2) is 9.42. The van der Waals surface area contributed by atoms with Gasteiger partial charge in [-0.05, 0) is 36.8 Å². The van der Waals surface area contributed by atoms with Crippen molar-refractivity contribution in [3.05, 3.63) is 65.2 Å². The van der Waals surface area contributed by atoms with E-state index in [0.717, 1.165) is 10.4 Å². The molecule has 1 aliphatic rings. The van der Waals surface area contributed by atoms with Crippen molar-refractivity contribution in [3.8, 4) is 16.2 Å². The van der Waals surface area contributed by atoms with Crippen molar-refractivity contribution in [1.29, 1.82) is 0 Å². The number of hydrogen-bond donors (Lipinski definition) is 1. The lowest BCUT2D eigenvalue weighted by Crippen LogP contribution is -2.41. The Kier molecular flexibility index (Phi) is 6.43. The van der Waals surface area contributed by atoms with E-state index >= 15 is 0 Å². The first-order chi connectivity index (χ1) is 15.4. The third kappa shape index (κ3) is 4.76. The van der Waals surface area contributed by atoms with Gasteiger partial charge in [0.1, 0.15) is 11.5 Å². The van der Waals surface area contributed by atoms with Crippen LogP contribution in [0.4, 0.5) is 10.7 Å². The first kappa shape index (κ1) is 21.9. The smallest absolute Gasteiger partial charge is 0.341 e. The van der Waals surface area contributed by atoms with Crippen molar-refractivity contribution in [2.75, 3.05) is 29.9 Å². The summed E-state index contributed by atoms with van der Waals surface area (Å²) in [6.45, 7) is 1.73. The summed E-state index contributed by atoms with van der Waals surface area (Å²) in [4.78, 5) is 39.7. The second-order valence-electron chi connectivity index (χ2n) is 6.93. The quantitative estimate of drug-likeness (QED) is 0.418. The molecule has 2 heterocycles. The molecule has 0 unspecified atom stereocenters. The minimum absolute atomic E-state index is 0.0921. The van der Waals surface area contributed by atoms with Gasteiger partial charge in [0, 0.05) is 9.90 Å². The molecule has 0 atom stereocenters. The lowest BCUT2D eigenvalue weighted by molar-refractivity contribution is -0.133. The number of esters is 2. The second-order valence-corrected chi connectivity index (χ2v) is 8.42. The van der Waals surface area contributed by atoms with Gasteiger partial charge in [-0.3, -0.25) is 4.79 Å². The lowest BCUT2D eigenvalue weighted by atomic mass is 10.1. The molecule has 0 radical (unpaired) electrons. The summed E-state index contributed by atoms with van der Waals surface area (Å²) in [6.07, 6.45) is 0. The molecule has 4 rings (SSSR count). The molecule has 7 nitrogen and oxygen atoms in total. The number of fused-ring (bicyclic) bond motifs is 1. The number of nitrogens with zero attached hydrogens (tertiary/aromatic N) is 1. The molecule has 1 N–H and O–H groups in total. The van der Waals surface area contributed by atoms with Gasteiger partial charge in [0.15, 0.2) is 5.75 Å². The Labute approximate surface area is 193 Å². The van der Waals surface area contributed by atoms with Crippen LogP contribution in [0.15, 0.2) is 54.6 Å². The fourth-order valence-electron chi connectivity index (χ4n) is 3.29. The first-order valence-electron chi connectivity index (χ1n) is 9.86. The van der Waals surface area contributed by atoms with Crippen LogP contribution in [-0.4, -0.2) is 37.5 Å². The third-order valence-electron chi connectivity index (χ3n) is 4.68. The Morgan fingerprint density at radius 2 is 1.97 bits per heavy atom. The van der Waals surface area contributed by atoms with Crippen LogP contribution in [-0.2, 0) is 14.3 Å². The molecule has 0 saturated carbocycles. The molecule has 2 aromatic carbocycles. The Hall–Kier alpha value is -3.36. The molecule has 9 heteroatoms. The normalized spacial score (nSPS) is 12.7. The topological polar surface area (TPSA) is 84.9 Å². The Morgan fingerprint density at radius 3 is 2.72 bits per heavy atom. The molecule has 164 valence electrons. The van der Waals surface area contributed by atoms with Gasteiger partial charge in [0.2, 0.25) is 5.91 Å². The largest absolute Gasteiger partial charge is 0.462 e. The summed E-state index contributed by atoms with van der Waals surface area (Å²) in [5, 5.41) is 3.65. The van der Waals surface area contributed by atoms with Crippen molar-refractivity contribution in [1.82, 2.24) is 0 Å². The highest BCUT2D eigenvalue weighted by Gasteiger charge is 2.27. The van der Waals surface area contributed by atoms with E-state index in [1.54, 1.807) is 36.1 Å². The number of benzene rings is 2. The van der Waals surface area contributed by atoms with Gasteiger partial charge >= 0.3 is 11.9 Å². The molecule has 0 aliphatic carbocycles. The SMILES string of the molecule is CCOC(=O)c1cc(-c2ccccc2)sc1NC(=O)CN1CC(=O)Oc2ccc(Cl)cc21. The van der Waals surface area contributed by atoms with Crippen LogP contribution in [0.3, 0.4) is 0 Å². The van der Waals surface area contributed by atoms with Crippen molar-refractivity contribution < 1.29 is 23.9 Å². The predicted molar refractivity (Wildman–Crippen MR) is 124 cm³/mol. The highest BCUT2D eigenvalue weighted by atomic mass is 35.5. The van der Waals surface area contributed by atoms with Crippen LogP contribution in [0.25, 0.3) is 10.4 Å². The average Bonchev–Trinajstić information content (AvgIpc) is 3.19. The van der Waals surface area contributed by atoms with Crippen molar-refractivity contribution in [2.24, 2.45) is 0 Å². The zero-order valence-electron chi connectivity index (χ0n) is 17.1. The molecule has 0 fully saturated rings. The zero-order chi connectivity index (χ0) is 22.7. The summed E-state index contributed by atoms with van der Waals surface area (Å²) < 4.78 is 10.4. The number of hydrogen-bond acceptors (Lipinski definition) is 7. The van der Waals surface area contributed by atoms with E-state index in [1.807, 2.05) is 30.3 Å². The maximum Gasteiger partial charge on any atom is 0.341 e. The summed E-state index contributed by atoms with van der Waals surface area (Å²) in [5.74, 6) is -1.03. The molecule has 32 heavy (non-hydrogen) atoms. The minimum atomic E-state index is -0.514. The number of ether oxygens (including phenoxy) is 2. The van der Waals surface area contributed by atoms with Gasteiger partial charge in [0.05, 0.1) is 24.4 Å². The zero-order valence-corrected chi connectivity index (χ0v) is 18.7. The Bertz CT molecular complexity index is 1180. The Morgan fingerprint density at radius 1 is 1.19 bits per heavy atom. The number of nitrogens with one attached hydrogen (secondary N) is 1.